The highest BCUT2D eigenvalue weighted by Crippen LogP contribution is 2.24. The molecule has 12 heavy (non-hydrogen) atoms. The first-order valence-corrected chi connectivity index (χ1v) is 4.35. The van der Waals surface area contributed by atoms with Gasteiger partial charge in [0.05, 0.1) is 0 Å². The lowest BCUT2D eigenvalue weighted by molar-refractivity contribution is 0.625. The standard InChI is InChI=1S/C10H8BrF/c1-3-7(2)9-5-4-8(12)6-10(9)11/h1,4-7H,2H3. The second-order valence-corrected chi connectivity index (χ2v) is 3.41. The van der Waals surface area contributed by atoms with Crippen molar-refractivity contribution in [2.45, 2.75) is 12.8 Å². The van der Waals surface area contributed by atoms with E-state index < -0.39 is 0 Å². The molecule has 0 amide bonds. The van der Waals surface area contributed by atoms with Crippen molar-refractivity contribution in [3.63, 3.8) is 0 Å². The van der Waals surface area contributed by atoms with Crippen LogP contribution in [0.2, 0.25) is 0 Å². The highest BCUT2D eigenvalue weighted by molar-refractivity contribution is 9.10. The van der Waals surface area contributed by atoms with E-state index in [0.717, 1.165) is 10.0 Å². The van der Waals surface area contributed by atoms with Crippen molar-refractivity contribution in [3.05, 3.63) is 34.1 Å². The smallest absolute Gasteiger partial charge is 0.124 e. The summed E-state index contributed by atoms with van der Waals surface area (Å²) in [5.74, 6) is 2.35. The molecule has 62 valence electrons. The first-order chi connectivity index (χ1) is 5.65. The Kier molecular flexibility index (Phi) is 2.88. The highest BCUT2D eigenvalue weighted by Gasteiger charge is 2.06. The maximum absolute atomic E-state index is 12.6. The molecule has 0 N–H and O–H groups in total. The Morgan fingerprint density at radius 1 is 1.58 bits per heavy atom. The molecule has 0 aromatic heterocycles. The second-order valence-electron chi connectivity index (χ2n) is 2.55. The molecule has 0 bridgehead atoms. The van der Waals surface area contributed by atoms with Crippen molar-refractivity contribution in [1.29, 1.82) is 0 Å². The van der Waals surface area contributed by atoms with Crippen molar-refractivity contribution in [1.82, 2.24) is 0 Å². The molecule has 0 saturated heterocycles. The lowest BCUT2D eigenvalue weighted by Gasteiger charge is -2.06. The predicted octanol–water partition coefficient (Wildman–Crippen LogP) is 3.32. The first kappa shape index (κ1) is 9.28. The number of terminal acetylenes is 1. The van der Waals surface area contributed by atoms with Crippen LogP contribution in [0.5, 0.6) is 0 Å². The molecule has 0 spiro atoms. The minimum Gasteiger partial charge on any atom is -0.207 e. The Morgan fingerprint density at radius 2 is 2.25 bits per heavy atom. The van der Waals surface area contributed by atoms with Gasteiger partial charge in [0.1, 0.15) is 5.82 Å². The predicted molar refractivity (Wildman–Crippen MR) is 51.3 cm³/mol. The third-order valence-corrected chi connectivity index (χ3v) is 2.37. The molecule has 1 rings (SSSR count). The average Bonchev–Trinajstić information content (AvgIpc) is 2.03. The van der Waals surface area contributed by atoms with Gasteiger partial charge in [-0.25, -0.2) is 4.39 Å². The van der Waals surface area contributed by atoms with Crippen molar-refractivity contribution in [3.8, 4) is 12.3 Å². The Balaban J connectivity index is 3.11. The van der Waals surface area contributed by atoms with Crippen LogP contribution in [0.3, 0.4) is 0 Å². The van der Waals surface area contributed by atoms with E-state index in [1.807, 2.05) is 6.92 Å². The van der Waals surface area contributed by atoms with Crippen LogP contribution in [0, 0.1) is 18.2 Å². The SMILES string of the molecule is C#CC(C)c1ccc(F)cc1Br. The summed E-state index contributed by atoms with van der Waals surface area (Å²) in [6.07, 6.45) is 5.25. The third kappa shape index (κ3) is 1.86. The Labute approximate surface area is 79.9 Å². The highest BCUT2D eigenvalue weighted by atomic mass is 79.9. The minimum absolute atomic E-state index is 0.0139. The molecular weight excluding hydrogens is 219 g/mol. The molecule has 2 heteroatoms. The van der Waals surface area contributed by atoms with Gasteiger partial charge < -0.3 is 0 Å². The Morgan fingerprint density at radius 3 is 2.75 bits per heavy atom. The molecular formula is C10H8BrF. The van der Waals surface area contributed by atoms with Crippen molar-refractivity contribution >= 4 is 15.9 Å². The van der Waals surface area contributed by atoms with Gasteiger partial charge in [-0.15, -0.1) is 6.42 Å². The fourth-order valence-corrected chi connectivity index (χ4v) is 1.64. The lowest BCUT2D eigenvalue weighted by Crippen LogP contribution is -1.91. The quantitative estimate of drug-likeness (QED) is 0.645. The fraction of sp³-hybridized carbons (Fsp3) is 0.200. The molecule has 0 nitrogen and oxygen atoms in total. The van der Waals surface area contributed by atoms with E-state index in [2.05, 4.69) is 21.9 Å². The molecule has 0 fully saturated rings. The van der Waals surface area contributed by atoms with Gasteiger partial charge in [-0.3, -0.25) is 0 Å². The normalized spacial score (nSPS) is 12.2. The molecule has 1 atom stereocenters. The molecule has 0 aliphatic heterocycles. The molecule has 1 aromatic carbocycles. The monoisotopic (exact) mass is 226 g/mol. The van der Waals surface area contributed by atoms with Crippen LogP contribution in [0.1, 0.15) is 18.4 Å². The van der Waals surface area contributed by atoms with Crippen LogP contribution in [-0.2, 0) is 0 Å². The summed E-state index contributed by atoms with van der Waals surface area (Å²) in [7, 11) is 0. The van der Waals surface area contributed by atoms with E-state index in [0.29, 0.717) is 0 Å². The van der Waals surface area contributed by atoms with Gasteiger partial charge in [0.15, 0.2) is 0 Å². The van der Waals surface area contributed by atoms with Crippen molar-refractivity contribution < 1.29 is 4.39 Å². The van der Waals surface area contributed by atoms with Crippen LogP contribution in [0.4, 0.5) is 4.39 Å². The van der Waals surface area contributed by atoms with Crippen molar-refractivity contribution in [2.75, 3.05) is 0 Å². The van der Waals surface area contributed by atoms with Crippen LogP contribution in [-0.4, -0.2) is 0 Å². The fourth-order valence-electron chi connectivity index (χ4n) is 0.942. The van der Waals surface area contributed by atoms with Gasteiger partial charge in [-0.1, -0.05) is 27.9 Å². The van der Waals surface area contributed by atoms with Gasteiger partial charge in [-0.05, 0) is 24.6 Å². The summed E-state index contributed by atoms with van der Waals surface area (Å²) < 4.78 is 13.4. The minimum atomic E-state index is -0.255. The zero-order valence-electron chi connectivity index (χ0n) is 6.64. The number of hydrogen-bond acceptors (Lipinski definition) is 0. The van der Waals surface area contributed by atoms with Crippen LogP contribution >= 0.6 is 15.9 Å². The average molecular weight is 227 g/mol. The van der Waals surface area contributed by atoms with E-state index in [9.17, 15) is 4.39 Å². The van der Waals surface area contributed by atoms with Gasteiger partial charge in [0.2, 0.25) is 0 Å². The van der Waals surface area contributed by atoms with Crippen LogP contribution in [0.15, 0.2) is 22.7 Å². The molecule has 0 saturated carbocycles. The van der Waals surface area contributed by atoms with Crippen LogP contribution < -0.4 is 0 Å². The van der Waals surface area contributed by atoms with E-state index in [4.69, 9.17) is 6.42 Å². The summed E-state index contributed by atoms with van der Waals surface area (Å²) in [6, 6.07) is 4.53. The third-order valence-electron chi connectivity index (χ3n) is 1.68. The van der Waals surface area contributed by atoms with E-state index in [1.54, 1.807) is 6.07 Å². The number of halogens is 2. The molecule has 0 aliphatic rings. The number of rotatable bonds is 1. The van der Waals surface area contributed by atoms with Gasteiger partial charge >= 0.3 is 0 Å². The van der Waals surface area contributed by atoms with Gasteiger partial charge in [0, 0.05) is 10.4 Å². The van der Waals surface area contributed by atoms with E-state index in [-0.39, 0.29) is 11.7 Å². The van der Waals surface area contributed by atoms with Gasteiger partial charge in [-0.2, -0.15) is 0 Å². The Hall–Kier alpha value is -0.810. The summed E-state index contributed by atoms with van der Waals surface area (Å²) in [5.41, 5.74) is 0.943. The summed E-state index contributed by atoms with van der Waals surface area (Å²) in [5, 5.41) is 0. The number of hydrogen-bond donors (Lipinski definition) is 0. The Bertz CT molecular complexity index is 325. The lowest BCUT2D eigenvalue weighted by atomic mass is 10.0. The van der Waals surface area contributed by atoms with Gasteiger partial charge in [0.25, 0.3) is 0 Å². The largest absolute Gasteiger partial charge is 0.207 e. The first-order valence-electron chi connectivity index (χ1n) is 3.56. The van der Waals surface area contributed by atoms with E-state index >= 15 is 0 Å². The van der Waals surface area contributed by atoms with E-state index in [1.165, 1.54) is 12.1 Å². The zero-order chi connectivity index (χ0) is 9.14. The van der Waals surface area contributed by atoms with Crippen molar-refractivity contribution in [2.24, 2.45) is 0 Å². The topological polar surface area (TPSA) is 0 Å². The molecule has 0 radical (unpaired) electrons. The second kappa shape index (κ2) is 3.73. The summed E-state index contributed by atoms with van der Waals surface area (Å²) >= 11 is 3.25. The molecule has 1 aromatic rings. The summed E-state index contributed by atoms with van der Waals surface area (Å²) in [4.78, 5) is 0. The van der Waals surface area contributed by atoms with Crippen LogP contribution in [0.25, 0.3) is 0 Å². The zero-order valence-corrected chi connectivity index (χ0v) is 8.23. The summed E-state index contributed by atoms with van der Waals surface area (Å²) in [6.45, 7) is 1.90. The molecule has 0 aliphatic carbocycles. The molecule has 1 unspecified atom stereocenters. The number of benzene rings is 1. The maximum Gasteiger partial charge on any atom is 0.124 e. The molecule has 0 heterocycles. The maximum atomic E-state index is 12.6.